The van der Waals surface area contributed by atoms with E-state index < -0.39 is 0 Å². The van der Waals surface area contributed by atoms with Crippen LogP contribution >= 0.6 is 0 Å². The number of fused-ring (bicyclic) bond motifs is 1. The Balaban J connectivity index is 1.09. The van der Waals surface area contributed by atoms with Gasteiger partial charge in [0.15, 0.2) is 0 Å². The largest absolute Gasteiger partial charge is 0.365 e. The Bertz CT molecular complexity index is 1110. The molecule has 0 radical (unpaired) electrons. The van der Waals surface area contributed by atoms with E-state index in [1.165, 1.54) is 17.7 Å². The van der Waals surface area contributed by atoms with Crippen molar-refractivity contribution < 1.29 is 13.9 Å². The van der Waals surface area contributed by atoms with Crippen molar-refractivity contribution in [1.82, 2.24) is 30.1 Å². The summed E-state index contributed by atoms with van der Waals surface area (Å²) in [7, 11) is 0. The molecule has 0 spiro atoms. The molecule has 3 aromatic rings. The lowest BCUT2D eigenvalue weighted by atomic mass is 10.1. The van der Waals surface area contributed by atoms with E-state index in [9.17, 15) is 9.18 Å². The van der Waals surface area contributed by atoms with Crippen molar-refractivity contribution in [2.75, 3.05) is 32.7 Å². The Morgan fingerprint density at radius 2 is 1.91 bits per heavy atom. The number of hydrogen-bond donors (Lipinski definition) is 1. The van der Waals surface area contributed by atoms with Crippen LogP contribution < -0.4 is 5.32 Å². The van der Waals surface area contributed by atoms with Gasteiger partial charge in [-0.1, -0.05) is 47.7 Å². The Morgan fingerprint density at radius 3 is 2.71 bits per heavy atom. The SMILES string of the molecule is O=C(NCCc1ccccc1)N1CCN(Cc2nnn3c2CO[C@@H](c2cccc(F)c2)C3)CC1. The molecule has 1 aromatic heterocycles. The molecule has 0 bridgehead atoms. The summed E-state index contributed by atoms with van der Waals surface area (Å²) in [6.45, 7) is 5.14. The van der Waals surface area contributed by atoms with Gasteiger partial charge in [-0.3, -0.25) is 4.90 Å². The van der Waals surface area contributed by atoms with Gasteiger partial charge in [0.2, 0.25) is 0 Å². The first-order chi connectivity index (χ1) is 16.7. The van der Waals surface area contributed by atoms with Crippen molar-refractivity contribution in [3.05, 3.63) is 82.9 Å². The molecule has 8 nitrogen and oxygen atoms in total. The average Bonchev–Trinajstić information content (AvgIpc) is 3.27. The quantitative estimate of drug-likeness (QED) is 0.607. The normalized spacial score (nSPS) is 18.5. The van der Waals surface area contributed by atoms with E-state index in [1.54, 1.807) is 6.07 Å². The fourth-order valence-corrected chi connectivity index (χ4v) is 4.48. The highest BCUT2D eigenvalue weighted by Crippen LogP contribution is 2.27. The minimum atomic E-state index is -0.268. The van der Waals surface area contributed by atoms with Gasteiger partial charge >= 0.3 is 6.03 Å². The standard InChI is InChI=1S/C25H29FN6O2/c26-21-8-4-7-20(15-21)24-17-32-23(18-34-24)22(28-29-32)16-30-11-13-31(14-12-30)25(33)27-10-9-19-5-2-1-3-6-19/h1-8,15,24H,9-14,16-18H2,(H,27,33)/t24-/m1/s1. The van der Waals surface area contributed by atoms with Gasteiger partial charge in [-0.15, -0.1) is 5.10 Å². The van der Waals surface area contributed by atoms with Crippen LogP contribution in [0.5, 0.6) is 0 Å². The van der Waals surface area contributed by atoms with Crippen LogP contribution in [0, 0.1) is 5.82 Å². The first-order valence-electron chi connectivity index (χ1n) is 11.7. The summed E-state index contributed by atoms with van der Waals surface area (Å²) in [6, 6.07) is 16.7. The van der Waals surface area contributed by atoms with Gasteiger partial charge in [0, 0.05) is 39.3 Å². The number of nitrogens with zero attached hydrogens (tertiary/aromatic N) is 5. The Labute approximate surface area is 198 Å². The lowest BCUT2D eigenvalue weighted by Crippen LogP contribution is -2.51. The molecule has 0 saturated carbocycles. The van der Waals surface area contributed by atoms with Crippen molar-refractivity contribution in [3.63, 3.8) is 0 Å². The number of amides is 2. The lowest BCUT2D eigenvalue weighted by Gasteiger charge is -2.34. The van der Waals surface area contributed by atoms with Gasteiger partial charge < -0.3 is 15.0 Å². The predicted molar refractivity (Wildman–Crippen MR) is 124 cm³/mol. The molecule has 2 amide bonds. The number of piperazine rings is 1. The number of ether oxygens (including phenoxy) is 1. The molecule has 34 heavy (non-hydrogen) atoms. The smallest absolute Gasteiger partial charge is 0.317 e. The van der Waals surface area contributed by atoms with Crippen LogP contribution in [0.3, 0.4) is 0 Å². The van der Waals surface area contributed by atoms with Gasteiger partial charge in [0.05, 0.1) is 18.8 Å². The van der Waals surface area contributed by atoms with Crippen molar-refractivity contribution in [1.29, 1.82) is 0 Å². The zero-order chi connectivity index (χ0) is 23.3. The molecule has 1 fully saturated rings. The minimum Gasteiger partial charge on any atom is -0.365 e. The Morgan fingerprint density at radius 1 is 1.09 bits per heavy atom. The van der Waals surface area contributed by atoms with E-state index in [0.29, 0.717) is 39.3 Å². The second-order valence-corrected chi connectivity index (χ2v) is 8.75. The summed E-state index contributed by atoms with van der Waals surface area (Å²) in [6.07, 6.45) is 0.592. The Hall–Kier alpha value is -3.30. The van der Waals surface area contributed by atoms with Gasteiger partial charge in [-0.2, -0.15) is 0 Å². The molecule has 0 aliphatic carbocycles. The van der Waals surface area contributed by atoms with Crippen LogP contribution in [0.2, 0.25) is 0 Å². The molecule has 5 rings (SSSR count). The van der Waals surface area contributed by atoms with E-state index in [0.717, 1.165) is 36.5 Å². The van der Waals surface area contributed by atoms with E-state index in [1.807, 2.05) is 33.8 Å². The topological polar surface area (TPSA) is 75.5 Å². The Kier molecular flexibility index (Phi) is 6.82. The highest BCUT2D eigenvalue weighted by atomic mass is 19.1. The summed E-state index contributed by atoms with van der Waals surface area (Å²) in [5, 5.41) is 11.7. The van der Waals surface area contributed by atoms with Gasteiger partial charge in [-0.25, -0.2) is 13.9 Å². The van der Waals surface area contributed by atoms with Crippen molar-refractivity contribution in [2.24, 2.45) is 0 Å². The number of nitrogens with one attached hydrogen (secondary N) is 1. The number of hydrogen-bond acceptors (Lipinski definition) is 5. The lowest BCUT2D eigenvalue weighted by molar-refractivity contribution is -0.00234. The monoisotopic (exact) mass is 464 g/mol. The third-order valence-electron chi connectivity index (χ3n) is 6.46. The van der Waals surface area contributed by atoms with Crippen LogP contribution in [-0.4, -0.2) is 63.5 Å². The second kappa shape index (κ2) is 10.3. The van der Waals surface area contributed by atoms with Crippen molar-refractivity contribution in [3.8, 4) is 0 Å². The summed E-state index contributed by atoms with van der Waals surface area (Å²) in [4.78, 5) is 16.7. The molecule has 3 heterocycles. The number of halogens is 1. The van der Waals surface area contributed by atoms with Crippen LogP contribution in [0.25, 0.3) is 0 Å². The zero-order valence-electron chi connectivity index (χ0n) is 19.1. The summed E-state index contributed by atoms with van der Waals surface area (Å²) < 4.78 is 21.4. The number of urea groups is 1. The molecule has 9 heteroatoms. The highest BCUT2D eigenvalue weighted by molar-refractivity contribution is 5.74. The first kappa shape index (κ1) is 22.5. The maximum Gasteiger partial charge on any atom is 0.317 e. The molecule has 1 atom stereocenters. The molecule has 1 saturated heterocycles. The van der Waals surface area contributed by atoms with Crippen molar-refractivity contribution >= 4 is 6.03 Å². The molecule has 2 aliphatic rings. The maximum absolute atomic E-state index is 13.6. The van der Waals surface area contributed by atoms with Crippen molar-refractivity contribution in [2.45, 2.75) is 32.2 Å². The van der Waals surface area contributed by atoms with E-state index >= 15 is 0 Å². The third-order valence-corrected chi connectivity index (χ3v) is 6.46. The average molecular weight is 465 g/mol. The molecule has 178 valence electrons. The van der Waals surface area contributed by atoms with Crippen LogP contribution in [0.15, 0.2) is 54.6 Å². The maximum atomic E-state index is 13.6. The summed E-state index contributed by atoms with van der Waals surface area (Å²) >= 11 is 0. The number of rotatable bonds is 6. The zero-order valence-corrected chi connectivity index (χ0v) is 19.1. The predicted octanol–water partition coefficient (Wildman–Crippen LogP) is 2.76. The first-order valence-corrected chi connectivity index (χ1v) is 11.7. The number of aromatic nitrogens is 3. The van der Waals surface area contributed by atoms with Crippen LogP contribution in [-0.2, 0) is 30.9 Å². The molecular formula is C25H29FN6O2. The van der Waals surface area contributed by atoms with E-state index in [4.69, 9.17) is 4.74 Å². The molecule has 2 aliphatic heterocycles. The second-order valence-electron chi connectivity index (χ2n) is 8.75. The fourth-order valence-electron chi connectivity index (χ4n) is 4.48. The van der Waals surface area contributed by atoms with E-state index in [-0.39, 0.29) is 18.0 Å². The van der Waals surface area contributed by atoms with Gasteiger partial charge in [0.25, 0.3) is 0 Å². The van der Waals surface area contributed by atoms with Crippen LogP contribution in [0.4, 0.5) is 9.18 Å². The number of benzene rings is 2. The van der Waals surface area contributed by atoms with Crippen LogP contribution in [0.1, 0.15) is 28.6 Å². The molecular weight excluding hydrogens is 435 g/mol. The van der Waals surface area contributed by atoms with Gasteiger partial charge in [-0.05, 0) is 29.7 Å². The minimum absolute atomic E-state index is 0.00610. The highest BCUT2D eigenvalue weighted by Gasteiger charge is 2.27. The summed E-state index contributed by atoms with van der Waals surface area (Å²) in [5.41, 5.74) is 3.89. The third kappa shape index (κ3) is 5.26. The number of carbonyl (C=O) groups is 1. The fraction of sp³-hybridized carbons (Fsp3) is 0.400. The number of carbonyl (C=O) groups excluding carboxylic acids is 1. The molecule has 1 N–H and O–H groups in total. The van der Waals surface area contributed by atoms with E-state index in [2.05, 4.69) is 32.7 Å². The molecule has 0 unspecified atom stereocenters. The van der Waals surface area contributed by atoms with Gasteiger partial charge in [0.1, 0.15) is 17.6 Å². The molecule has 2 aromatic carbocycles. The summed E-state index contributed by atoms with van der Waals surface area (Å²) in [5.74, 6) is -0.268.